The summed E-state index contributed by atoms with van der Waals surface area (Å²) in [5.41, 5.74) is 0. The molecule has 0 aromatic heterocycles. The van der Waals surface area contributed by atoms with Crippen molar-refractivity contribution < 1.29 is 32.9 Å². The topological polar surface area (TPSA) is 105 Å². The smallest absolute Gasteiger partial charge is 0.387 e. The van der Waals surface area contributed by atoms with Crippen molar-refractivity contribution >= 4 is 13.7 Å². The molecule has 0 aliphatic carbocycles. The van der Waals surface area contributed by atoms with Crippen LogP contribution in [0.15, 0.2) is 85.1 Å². The highest BCUT2D eigenvalue weighted by Gasteiger charge is 2.27. The van der Waals surface area contributed by atoms with Gasteiger partial charge in [0.25, 0.3) is 0 Å². The molecule has 0 saturated carbocycles. The van der Waals surface area contributed by atoms with Crippen LogP contribution in [0.5, 0.6) is 0 Å². The zero-order valence-corrected chi connectivity index (χ0v) is 32.3. The van der Waals surface area contributed by atoms with Gasteiger partial charge in [-0.15, -0.1) is 0 Å². The summed E-state index contributed by atoms with van der Waals surface area (Å²) >= 11 is 0. The minimum atomic E-state index is -4.37. The normalized spacial score (nSPS) is 15.7. The van der Waals surface area contributed by atoms with Gasteiger partial charge in [0.2, 0.25) is 5.91 Å². The summed E-state index contributed by atoms with van der Waals surface area (Å²) in [5.74, 6) is -0.321. The van der Waals surface area contributed by atoms with E-state index in [0.29, 0.717) is 17.4 Å². The van der Waals surface area contributed by atoms with Crippen LogP contribution in [0, 0.1) is 0 Å². The minimum Gasteiger partial charge on any atom is -0.387 e. The molecule has 280 valence electrons. The van der Waals surface area contributed by atoms with Gasteiger partial charge in [0.1, 0.15) is 13.2 Å². The molecule has 3 N–H and O–H groups in total. The number of carbonyl (C=O) groups excluding carboxylic acids is 1. The maximum Gasteiger partial charge on any atom is 0.472 e. The van der Waals surface area contributed by atoms with Gasteiger partial charge in [-0.1, -0.05) is 131 Å². The highest BCUT2D eigenvalue weighted by molar-refractivity contribution is 7.47. The number of quaternary nitrogens is 1. The zero-order chi connectivity index (χ0) is 36.5. The molecule has 0 rings (SSSR count). The lowest BCUT2D eigenvalue weighted by atomic mass is 10.1. The van der Waals surface area contributed by atoms with Gasteiger partial charge < -0.3 is 19.8 Å². The van der Waals surface area contributed by atoms with Crippen molar-refractivity contribution in [2.75, 3.05) is 40.9 Å². The Morgan fingerprint density at radius 2 is 1.24 bits per heavy atom. The van der Waals surface area contributed by atoms with Gasteiger partial charge in [-0.2, -0.15) is 0 Å². The maximum atomic E-state index is 12.7. The van der Waals surface area contributed by atoms with Gasteiger partial charge >= 0.3 is 7.82 Å². The van der Waals surface area contributed by atoms with Gasteiger partial charge in [0.15, 0.2) is 0 Å². The number of hydrogen-bond donors (Lipinski definition) is 3. The van der Waals surface area contributed by atoms with Crippen LogP contribution in [0.4, 0.5) is 0 Å². The van der Waals surface area contributed by atoms with Crippen molar-refractivity contribution in [2.45, 2.75) is 122 Å². The van der Waals surface area contributed by atoms with Crippen molar-refractivity contribution in [3.63, 3.8) is 0 Å². The van der Waals surface area contributed by atoms with E-state index in [0.717, 1.165) is 44.9 Å². The summed E-state index contributed by atoms with van der Waals surface area (Å²) in [6, 6.07) is -0.919. The van der Waals surface area contributed by atoms with E-state index >= 15 is 0 Å². The third-order valence-corrected chi connectivity index (χ3v) is 8.36. The van der Waals surface area contributed by atoms with E-state index in [2.05, 4.69) is 79.9 Å². The first-order chi connectivity index (χ1) is 23.5. The number of nitrogens with zero attached hydrogens (tertiary/aromatic N) is 1. The Morgan fingerprint density at radius 3 is 1.84 bits per heavy atom. The first-order valence-electron chi connectivity index (χ1n) is 18.5. The van der Waals surface area contributed by atoms with Gasteiger partial charge in [-0.25, -0.2) is 4.57 Å². The van der Waals surface area contributed by atoms with E-state index < -0.39 is 20.0 Å². The van der Waals surface area contributed by atoms with E-state index in [1.165, 1.54) is 38.5 Å². The van der Waals surface area contributed by atoms with Crippen LogP contribution in [0.1, 0.15) is 110 Å². The first-order valence-corrected chi connectivity index (χ1v) is 20.0. The van der Waals surface area contributed by atoms with E-state index in [1.807, 2.05) is 33.3 Å². The van der Waals surface area contributed by atoms with E-state index in [1.54, 1.807) is 12.2 Å². The number of likely N-dealkylation sites (N-methyl/N-ethyl adjacent to an activating group) is 1. The van der Waals surface area contributed by atoms with Crippen molar-refractivity contribution in [3.05, 3.63) is 85.1 Å². The number of aliphatic hydroxyl groups is 1. The molecule has 0 heterocycles. The molecule has 0 aliphatic rings. The molecular formula is C40H70N2O6P+. The lowest BCUT2D eigenvalue weighted by molar-refractivity contribution is -0.870. The van der Waals surface area contributed by atoms with E-state index in [4.69, 9.17) is 9.05 Å². The first kappa shape index (κ1) is 46.7. The number of nitrogens with one attached hydrogen (secondary N) is 1. The zero-order valence-electron chi connectivity index (χ0n) is 31.4. The van der Waals surface area contributed by atoms with Crippen LogP contribution >= 0.6 is 7.82 Å². The standard InChI is InChI=1S/C40H69N2O6P/c1-6-8-10-12-14-16-18-20-21-22-24-26-28-30-32-34-40(44)41-38(37-48-49(45,46)47-36-35-42(3,4)5)39(43)33-31-29-27-25-23-19-17-15-13-11-9-7-2/h8,10,14,16,20-21,23-26,30-33,38-39,43H,6-7,9,11-13,15,17-19,22,27-29,34-37H2,1-5H3,(H-,41,44,45,46)/p+1/b10-8-,16-14-,21-20-,25-23+,26-24-,32-30-,33-31+. The Kier molecular flexibility index (Phi) is 30.1. The molecule has 0 saturated heterocycles. The lowest BCUT2D eigenvalue weighted by Crippen LogP contribution is -2.45. The Balaban J connectivity index is 4.80. The number of carbonyl (C=O) groups is 1. The highest BCUT2D eigenvalue weighted by atomic mass is 31.2. The molecule has 0 spiro atoms. The fraction of sp³-hybridized carbons (Fsp3) is 0.625. The highest BCUT2D eigenvalue weighted by Crippen LogP contribution is 2.43. The molecule has 0 aromatic rings. The van der Waals surface area contributed by atoms with Crippen molar-refractivity contribution in [1.82, 2.24) is 5.32 Å². The van der Waals surface area contributed by atoms with Crippen LogP contribution in [0.2, 0.25) is 0 Å². The van der Waals surface area contributed by atoms with Gasteiger partial charge in [-0.3, -0.25) is 13.8 Å². The van der Waals surface area contributed by atoms with E-state index in [-0.39, 0.29) is 25.5 Å². The quantitative estimate of drug-likeness (QED) is 0.0287. The number of rotatable bonds is 31. The second-order valence-electron chi connectivity index (χ2n) is 13.2. The van der Waals surface area contributed by atoms with Crippen LogP contribution in [-0.4, -0.2) is 73.4 Å². The Morgan fingerprint density at radius 1 is 0.714 bits per heavy atom. The Hall–Kier alpha value is -2.32. The summed E-state index contributed by atoms with van der Waals surface area (Å²) in [5, 5.41) is 13.6. The molecule has 0 aliphatic heterocycles. The summed E-state index contributed by atoms with van der Waals surface area (Å²) in [6.07, 6.45) is 42.5. The predicted molar refractivity (Wildman–Crippen MR) is 207 cm³/mol. The molecule has 3 atom stereocenters. The monoisotopic (exact) mass is 705 g/mol. The van der Waals surface area contributed by atoms with Crippen molar-refractivity contribution in [2.24, 2.45) is 0 Å². The summed E-state index contributed by atoms with van der Waals surface area (Å²) in [6.45, 7) is 4.53. The lowest BCUT2D eigenvalue weighted by Gasteiger charge is -2.25. The average molecular weight is 706 g/mol. The van der Waals surface area contributed by atoms with Gasteiger partial charge in [0.05, 0.1) is 39.9 Å². The maximum absolute atomic E-state index is 12.7. The second kappa shape index (κ2) is 31.6. The largest absolute Gasteiger partial charge is 0.472 e. The molecule has 0 fully saturated rings. The molecule has 3 unspecified atom stereocenters. The Labute approximate surface area is 299 Å². The predicted octanol–water partition coefficient (Wildman–Crippen LogP) is 9.46. The number of allylic oxidation sites excluding steroid dienone is 12. The van der Waals surface area contributed by atoms with Gasteiger partial charge in [-0.05, 0) is 57.8 Å². The summed E-state index contributed by atoms with van der Waals surface area (Å²) < 4.78 is 23.3. The molecule has 1 amide bonds. The second-order valence-corrected chi connectivity index (χ2v) is 14.7. The summed E-state index contributed by atoms with van der Waals surface area (Å²) in [7, 11) is 1.48. The third kappa shape index (κ3) is 33.9. The van der Waals surface area contributed by atoms with Crippen LogP contribution in [0.25, 0.3) is 0 Å². The SMILES string of the molecule is CC/C=C\C/C=C\C/C=C\C/C=C\C/C=C\CC(=O)NC(COP(=O)(O)OCC[N+](C)(C)C)C(O)/C=C/CC/C=C/CCCCCCCC. The van der Waals surface area contributed by atoms with Crippen LogP contribution in [0.3, 0.4) is 0 Å². The number of phosphoric acid groups is 1. The summed E-state index contributed by atoms with van der Waals surface area (Å²) in [4.78, 5) is 22.9. The molecule has 9 heteroatoms. The molecule has 49 heavy (non-hydrogen) atoms. The van der Waals surface area contributed by atoms with E-state index in [9.17, 15) is 19.4 Å². The van der Waals surface area contributed by atoms with Crippen LogP contribution < -0.4 is 5.32 Å². The number of aliphatic hydroxyl groups excluding tert-OH is 1. The van der Waals surface area contributed by atoms with Gasteiger partial charge in [0, 0.05) is 6.42 Å². The molecular weight excluding hydrogens is 635 g/mol. The number of phosphoric ester groups is 1. The fourth-order valence-corrected chi connectivity index (χ4v) is 5.15. The minimum absolute atomic E-state index is 0.0349. The molecule has 8 nitrogen and oxygen atoms in total. The Bertz CT molecular complexity index is 1070. The average Bonchev–Trinajstić information content (AvgIpc) is 3.04. The molecule has 0 bridgehead atoms. The fourth-order valence-electron chi connectivity index (χ4n) is 4.41. The van der Waals surface area contributed by atoms with Crippen LogP contribution in [-0.2, 0) is 18.4 Å². The molecule has 0 radical (unpaired) electrons. The number of amides is 1. The molecule has 0 aromatic carbocycles. The number of unbranched alkanes of at least 4 members (excludes halogenated alkanes) is 7. The number of hydrogen-bond acceptors (Lipinski definition) is 5. The van der Waals surface area contributed by atoms with Crippen molar-refractivity contribution in [1.29, 1.82) is 0 Å². The van der Waals surface area contributed by atoms with Crippen molar-refractivity contribution in [3.8, 4) is 0 Å². The third-order valence-electron chi connectivity index (χ3n) is 7.38.